The highest BCUT2D eigenvalue weighted by atomic mass is 35.5. The van der Waals surface area contributed by atoms with Crippen LogP contribution in [0.3, 0.4) is 0 Å². The van der Waals surface area contributed by atoms with Crippen molar-refractivity contribution in [1.82, 2.24) is 0 Å². The molecule has 112 valence electrons. The van der Waals surface area contributed by atoms with Crippen LogP contribution in [0.1, 0.15) is 25.3 Å². The number of halogens is 1. The van der Waals surface area contributed by atoms with Crippen LogP contribution in [0.2, 0.25) is 5.02 Å². The van der Waals surface area contributed by atoms with Crippen molar-refractivity contribution >= 4 is 33.0 Å². The SMILES string of the molecule is CC(C)c1ccc(NS(=O)(=O)c2cc(N)ccc2Cl)cc1. The fraction of sp³-hybridized carbons (Fsp3) is 0.200. The summed E-state index contributed by atoms with van der Waals surface area (Å²) in [5.74, 6) is 0.388. The molecule has 2 aromatic carbocycles. The van der Waals surface area contributed by atoms with Crippen molar-refractivity contribution in [3.63, 3.8) is 0 Å². The second-order valence-corrected chi connectivity index (χ2v) is 7.13. The van der Waals surface area contributed by atoms with Crippen molar-refractivity contribution in [2.24, 2.45) is 0 Å². The van der Waals surface area contributed by atoms with E-state index in [2.05, 4.69) is 18.6 Å². The van der Waals surface area contributed by atoms with Crippen LogP contribution in [0, 0.1) is 0 Å². The van der Waals surface area contributed by atoms with Crippen LogP contribution in [0.15, 0.2) is 47.4 Å². The first kappa shape index (κ1) is 15.7. The Kier molecular flexibility index (Phi) is 4.44. The lowest BCUT2D eigenvalue weighted by Crippen LogP contribution is -2.13. The van der Waals surface area contributed by atoms with E-state index >= 15 is 0 Å². The van der Waals surface area contributed by atoms with Gasteiger partial charge in [-0.3, -0.25) is 4.72 Å². The van der Waals surface area contributed by atoms with Gasteiger partial charge in [0.1, 0.15) is 4.90 Å². The van der Waals surface area contributed by atoms with E-state index in [0.29, 0.717) is 17.3 Å². The molecule has 0 unspecified atom stereocenters. The normalized spacial score (nSPS) is 11.6. The van der Waals surface area contributed by atoms with Crippen LogP contribution in [0.25, 0.3) is 0 Å². The number of rotatable bonds is 4. The molecule has 0 radical (unpaired) electrons. The lowest BCUT2D eigenvalue weighted by molar-refractivity contribution is 0.601. The summed E-state index contributed by atoms with van der Waals surface area (Å²) in [6.07, 6.45) is 0. The predicted molar refractivity (Wildman–Crippen MR) is 87.2 cm³/mol. The molecule has 0 aliphatic carbocycles. The van der Waals surface area contributed by atoms with E-state index in [1.807, 2.05) is 12.1 Å². The van der Waals surface area contributed by atoms with Gasteiger partial charge in [-0.2, -0.15) is 0 Å². The Morgan fingerprint density at radius 1 is 1.10 bits per heavy atom. The smallest absolute Gasteiger partial charge is 0.263 e. The second kappa shape index (κ2) is 5.95. The van der Waals surface area contributed by atoms with Gasteiger partial charge in [0.2, 0.25) is 0 Å². The Bertz CT molecular complexity index is 741. The topological polar surface area (TPSA) is 72.2 Å². The number of hydrogen-bond donors (Lipinski definition) is 2. The number of benzene rings is 2. The molecule has 21 heavy (non-hydrogen) atoms. The predicted octanol–water partition coefficient (Wildman–Crippen LogP) is 3.85. The first-order valence-corrected chi connectivity index (χ1v) is 8.33. The van der Waals surface area contributed by atoms with E-state index in [9.17, 15) is 8.42 Å². The van der Waals surface area contributed by atoms with E-state index in [0.717, 1.165) is 5.56 Å². The Morgan fingerprint density at radius 3 is 2.29 bits per heavy atom. The van der Waals surface area contributed by atoms with Crippen molar-refractivity contribution < 1.29 is 8.42 Å². The molecule has 2 rings (SSSR count). The van der Waals surface area contributed by atoms with Crippen LogP contribution in [0.5, 0.6) is 0 Å². The molecule has 0 heterocycles. The molecular weight excluding hydrogens is 308 g/mol. The molecule has 3 N–H and O–H groups in total. The van der Waals surface area contributed by atoms with Gasteiger partial charge in [-0.15, -0.1) is 0 Å². The summed E-state index contributed by atoms with van der Waals surface area (Å²) in [6, 6.07) is 11.6. The Balaban J connectivity index is 2.31. The highest BCUT2D eigenvalue weighted by molar-refractivity contribution is 7.92. The number of sulfonamides is 1. The van der Waals surface area contributed by atoms with Gasteiger partial charge in [0.15, 0.2) is 0 Å². The van der Waals surface area contributed by atoms with Gasteiger partial charge in [0.25, 0.3) is 10.0 Å². The summed E-state index contributed by atoms with van der Waals surface area (Å²) in [5, 5.41) is 0.135. The highest BCUT2D eigenvalue weighted by Gasteiger charge is 2.18. The van der Waals surface area contributed by atoms with Crippen LogP contribution in [-0.4, -0.2) is 8.42 Å². The molecule has 0 spiro atoms. The standard InChI is InChI=1S/C15H17ClN2O2S/c1-10(2)11-3-6-13(7-4-11)18-21(19,20)15-9-12(17)5-8-14(15)16/h3-10,18H,17H2,1-2H3. The molecular formula is C15H17ClN2O2S. The van der Waals surface area contributed by atoms with Gasteiger partial charge in [-0.25, -0.2) is 8.42 Å². The maximum atomic E-state index is 12.3. The first-order valence-electron chi connectivity index (χ1n) is 6.47. The number of hydrogen-bond acceptors (Lipinski definition) is 3. The summed E-state index contributed by atoms with van der Waals surface area (Å²) in [4.78, 5) is -0.0305. The van der Waals surface area contributed by atoms with Crippen molar-refractivity contribution in [2.75, 3.05) is 10.5 Å². The Hall–Kier alpha value is -1.72. The van der Waals surface area contributed by atoms with Gasteiger partial charge < -0.3 is 5.73 Å². The maximum absolute atomic E-state index is 12.3. The molecule has 0 amide bonds. The minimum Gasteiger partial charge on any atom is -0.399 e. The summed E-state index contributed by atoms with van der Waals surface area (Å²) >= 11 is 5.94. The second-order valence-electron chi connectivity index (χ2n) is 5.07. The van der Waals surface area contributed by atoms with Crippen LogP contribution in [0.4, 0.5) is 11.4 Å². The summed E-state index contributed by atoms with van der Waals surface area (Å²) in [7, 11) is -3.76. The molecule has 0 aromatic heterocycles. The zero-order chi connectivity index (χ0) is 15.6. The Morgan fingerprint density at radius 2 is 1.71 bits per heavy atom. The summed E-state index contributed by atoms with van der Waals surface area (Å²) < 4.78 is 27.2. The third-order valence-corrected chi connectivity index (χ3v) is 4.94. The third-order valence-electron chi connectivity index (χ3n) is 3.07. The molecule has 0 aliphatic heterocycles. The molecule has 0 fully saturated rings. The average molecular weight is 325 g/mol. The van der Waals surface area contributed by atoms with Gasteiger partial charge in [-0.1, -0.05) is 37.6 Å². The van der Waals surface area contributed by atoms with Crippen LogP contribution < -0.4 is 10.5 Å². The highest BCUT2D eigenvalue weighted by Crippen LogP contribution is 2.26. The minimum absolute atomic E-state index is 0.0305. The van der Waals surface area contributed by atoms with Gasteiger partial charge >= 0.3 is 0 Å². The van der Waals surface area contributed by atoms with Crippen molar-refractivity contribution in [3.05, 3.63) is 53.1 Å². The van der Waals surface area contributed by atoms with E-state index in [1.54, 1.807) is 18.2 Å². The monoisotopic (exact) mass is 324 g/mol. The lowest BCUT2D eigenvalue weighted by Gasteiger charge is -2.11. The fourth-order valence-electron chi connectivity index (χ4n) is 1.87. The molecule has 0 saturated carbocycles. The molecule has 4 nitrogen and oxygen atoms in total. The molecule has 0 bridgehead atoms. The molecule has 0 aliphatic rings. The van der Waals surface area contributed by atoms with Gasteiger partial charge in [-0.05, 0) is 41.8 Å². The van der Waals surface area contributed by atoms with Crippen molar-refractivity contribution in [2.45, 2.75) is 24.7 Å². The zero-order valence-electron chi connectivity index (χ0n) is 11.8. The molecule has 0 saturated heterocycles. The first-order chi connectivity index (χ1) is 9.79. The number of anilines is 2. The quantitative estimate of drug-likeness (QED) is 0.839. The van der Waals surface area contributed by atoms with Crippen LogP contribution in [-0.2, 0) is 10.0 Å². The molecule has 6 heteroatoms. The van der Waals surface area contributed by atoms with Crippen molar-refractivity contribution in [3.8, 4) is 0 Å². The van der Waals surface area contributed by atoms with E-state index < -0.39 is 10.0 Å². The maximum Gasteiger partial charge on any atom is 0.263 e. The minimum atomic E-state index is -3.76. The average Bonchev–Trinajstić information content (AvgIpc) is 2.41. The van der Waals surface area contributed by atoms with Crippen molar-refractivity contribution in [1.29, 1.82) is 0 Å². The fourth-order valence-corrected chi connectivity index (χ4v) is 3.47. The van der Waals surface area contributed by atoms with E-state index in [-0.39, 0.29) is 9.92 Å². The number of nitrogens with two attached hydrogens (primary N) is 1. The van der Waals surface area contributed by atoms with E-state index in [1.165, 1.54) is 12.1 Å². The van der Waals surface area contributed by atoms with Gasteiger partial charge in [0, 0.05) is 11.4 Å². The molecule has 2 aromatic rings. The van der Waals surface area contributed by atoms with Gasteiger partial charge in [0.05, 0.1) is 5.02 Å². The third kappa shape index (κ3) is 3.68. The number of nitrogen functional groups attached to an aromatic ring is 1. The largest absolute Gasteiger partial charge is 0.399 e. The summed E-state index contributed by atoms with van der Waals surface area (Å²) in [5.41, 5.74) is 7.59. The van der Waals surface area contributed by atoms with E-state index in [4.69, 9.17) is 17.3 Å². The van der Waals surface area contributed by atoms with Crippen LogP contribution >= 0.6 is 11.6 Å². The zero-order valence-corrected chi connectivity index (χ0v) is 13.4. The lowest BCUT2D eigenvalue weighted by atomic mass is 10.0. The summed E-state index contributed by atoms with van der Waals surface area (Å²) in [6.45, 7) is 4.15. The number of nitrogens with one attached hydrogen (secondary N) is 1. The Labute approximate surface area is 130 Å². The molecule has 0 atom stereocenters.